The smallest absolute Gasteiger partial charge is 0.161 e. The molecule has 0 bridgehead atoms. The van der Waals surface area contributed by atoms with Gasteiger partial charge in [0.1, 0.15) is 23.7 Å². The molecule has 0 aromatic heterocycles. The van der Waals surface area contributed by atoms with Gasteiger partial charge in [-0.1, -0.05) is 49.7 Å². The number of hydrogen-bond donors (Lipinski definition) is 2. The molecule has 3 aromatic rings. The van der Waals surface area contributed by atoms with E-state index in [1.165, 1.54) is 0 Å². The van der Waals surface area contributed by atoms with E-state index >= 15 is 0 Å². The summed E-state index contributed by atoms with van der Waals surface area (Å²) in [5, 5.41) is 16.4. The number of phenolic OH excluding ortho intramolecular Hbond substituents is 1. The molecular weight excluding hydrogens is 436 g/mol. The number of nitrogens with zero attached hydrogens (tertiary/aromatic N) is 1. The number of halogens is 1. The molecule has 3 heterocycles. The van der Waals surface area contributed by atoms with Crippen molar-refractivity contribution in [3.05, 3.63) is 53.6 Å². The van der Waals surface area contributed by atoms with E-state index in [1.54, 1.807) is 12.1 Å². The highest BCUT2D eigenvalue weighted by Gasteiger charge is 2.53. The van der Waals surface area contributed by atoms with Gasteiger partial charge in [-0.25, -0.2) is 0 Å². The van der Waals surface area contributed by atoms with E-state index in [-0.39, 0.29) is 24.2 Å². The molecule has 3 aliphatic heterocycles. The molecule has 172 valence electrons. The van der Waals surface area contributed by atoms with Gasteiger partial charge >= 0.3 is 0 Å². The molecule has 0 saturated carbocycles. The van der Waals surface area contributed by atoms with E-state index in [2.05, 4.69) is 36.2 Å². The van der Waals surface area contributed by atoms with E-state index in [0.717, 1.165) is 59.4 Å². The number of anilines is 1. The van der Waals surface area contributed by atoms with Gasteiger partial charge in [0.2, 0.25) is 0 Å². The summed E-state index contributed by atoms with van der Waals surface area (Å²) in [5.41, 5.74) is 2.77. The number of hydrogen-bond acceptors (Lipinski definition) is 5. The van der Waals surface area contributed by atoms with E-state index in [1.807, 2.05) is 24.3 Å². The summed E-state index contributed by atoms with van der Waals surface area (Å²) in [6.07, 6.45) is 1.07. The molecule has 3 aliphatic rings. The van der Waals surface area contributed by atoms with E-state index < -0.39 is 0 Å². The molecule has 3 unspecified atom stereocenters. The Kier molecular flexibility index (Phi) is 5.17. The average Bonchev–Trinajstić information content (AvgIpc) is 3.54. The third kappa shape index (κ3) is 3.82. The zero-order valence-electron chi connectivity index (χ0n) is 18.9. The number of nitrogens with one attached hydrogen (secondary N) is 1. The Bertz CT molecular complexity index is 1210. The van der Waals surface area contributed by atoms with Crippen LogP contribution in [-0.2, 0) is 4.74 Å². The van der Waals surface area contributed by atoms with Crippen LogP contribution >= 0.6 is 11.6 Å². The van der Waals surface area contributed by atoms with Crippen LogP contribution in [0.4, 0.5) is 5.69 Å². The molecular formula is C27H29ClN2O3. The van der Waals surface area contributed by atoms with Gasteiger partial charge in [0.25, 0.3) is 0 Å². The van der Waals surface area contributed by atoms with Crippen LogP contribution in [0.2, 0.25) is 5.02 Å². The van der Waals surface area contributed by atoms with Gasteiger partial charge in [-0.05, 0) is 52.9 Å². The maximum Gasteiger partial charge on any atom is 0.161 e. The molecule has 5 nitrogen and oxygen atoms in total. The fourth-order valence-corrected chi connectivity index (χ4v) is 5.46. The Morgan fingerprint density at radius 3 is 2.70 bits per heavy atom. The third-order valence-corrected chi connectivity index (χ3v) is 7.29. The van der Waals surface area contributed by atoms with Crippen LogP contribution < -0.4 is 15.0 Å². The zero-order chi connectivity index (χ0) is 22.7. The molecule has 3 aromatic carbocycles. The highest BCUT2D eigenvalue weighted by molar-refractivity contribution is 6.34. The Morgan fingerprint density at radius 1 is 1.12 bits per heavy atom. The van der Waals surface area contributed by atoms with Crippen molar-refractivity contribution in [2.45, 2.75) is 38.7 Å². The molecule has 6 rings (SSSR count). The third-order valence-electron chi connectivity index (χ3n) is 6.97. The fraction of sp³-hybridized carbons (Fsp3) is 0.407. The maximum absolute atomic E-state index is 10.4. The van der Waals surface area contributed by atoms with Gasteiger partial charge in [0, 0.05) is 31.1 Å². The second-order valence-electron chi connectivity index (χ2n) is 9.97. The molecule has 0 aliphatic carbocycles. The normalized spacial score (nSPS) is 24.1. The minimum Gasteiger partial charge on any atom is -0.508 e. The molecule has 0 radical (unpaired) electrons. The highest BCUT2D eigenvalue weighted by atomic mass is 35.5. The molecule has 3 atom stereocenters. The Balaban J connectivity index is 1.47. The van der Waals surface area contributed by atoms with Crippen LogP contribution in [0.25, 0.3) is 21.9 Å². The van der Waals surface area contributed by atoms with Crippen molar-refractivity contribution < 1.29 is 14.6 Å². The van der Waals surface area contributed by atoms with Crippen LogP contribution in [0, 0.1) is 11.8 Å². The molecule has 2 saturated heterocycles. The number of ether oxygens (including phenoxy) is 2. The predicted octanol–water partition coefficient (Wildman–Crippen LogP) is 5.42. The summed E-state index contributed by atoms with van der Waals surface area (Å²) in [4.78, 5) is 2.35. The first-order valence-corrected chi connectivity index (χ1v) is 12.2. The van der Waals surface area contributed by atoms with Crippen molar-refractivity contribution in [3.63, 3.8) is 0 Å². The summed E-state index contributed by atoms with van der Waals surface area (Å²) in [5.74, 6) is 2.17. The summed E-state index contributed by atoms with van der Waals surface area (Å²) in [7, 11) is 0. The van der Waals surface area contributed by atoms with Gasteiger partial charge in [0.05, 0.1) is 10.7 Å². The van der Waals surface area contributed by atoms with Crippen molar-refractivity contribution in [1.82, 2.24) is 5.32 Å². The van der Waals surface area contributed by atoms with Crippen LogP contribution in [0.3, 0.4) is 0 Å². The quantitative estimate of drug-likeness (QED) is 0.493. The molecule has 2 fully saturated rings. The summed E-state index contributed by atoms with van der Waals surface area (Å²) < 4.78 is 12.8. The second-order valence-corrected chi connectivity index (χ2v) is 10.4. The second kappa shape index (κ2) is 8.08. The predicted molar refractivity (Wildman–Crippen MR) is 132 cm³/mol. The minimum absolute atomic E-state index is 0.00760. The van der Waals surface area contributed by atoms with Crippen LogP contribution in [0.1, 0.15) is 20.3 Å². The fourth-order valence-electron chi connectivity index (χ4n) is 5.20. The lowest BCUT2D eigenvalue weighted by Gasteiger charge is -2.34. The monoisotopic (exact) mass is 464 g/mol. The van der Waals surface area contributed by atoms with E-state index in [9.17, 15) is 5.11 Å². The molecule has 2 N–H and O–H groups in total. The molecule has 0 amide bonds. The largest absolute Gasteiger partial charge is 0.508 e. The van der Waals surface area contributed by atoms with Crippen molar-refractivity contribution >= 4 is 28.1 Å². The van der Waals surface area contributed by atoms with Gasteiger partial charge in [-0.15, -0.1) is 0 Å². The van der Waals surface area contributed by atoms with Crippen molar-refractivity contribution in [3.8, 4) is 22.6 Å². The van der Waals surface area contributed by atoms with Gasteiger partial charge in [-0.3, -0.25) is 0 Å². The van der Waals surface area contributed by atoms with Gasteiger partial charge in [-0.2, -0.15) is 0 Å². The van der Waals surface area contributed by atoms with Gasteiger partial charge < -0.3 is 24.8 Å². The van der Waals surface area contributed by atoms with E-state index in [4.69, 9.17) is 21.1 Å². The van der Waals surface area contributed by atoms with Gasteiger partial charge in [0.15, 0.2) is 6.23 Å². The summed E-state index contributed by atoms with van der Waals surface area (Å²) in [6, 6.07) is 15.7. The number of aromatic hydroxyl groups is 1. The summed E-state index contributed by atoms with van der Waals surface area (Å²) >= 11 is 6.92. The first kappa shape index (κ1) is 21.1. The van der Waals surface area contributed by atoms with Crippen LogP contribution in [0.15, 0.2) is 48.5 Å². The molecule has 6 heteroatoms. The Morgan fingerprint density at radius 2 is 1.94 bits per heavy atom. The van der Waals surface area contributed by atoms with Crippen LogP contribution in [0.5, 0.6) is 11.5 Å². The standard InChI is InChI=1S/C27H29ClN2O3/c1-15(2)7-25-26-27(33-26)30(14-16-12-29-13-16)23-11-22(28)21(10-24(23)32-25)20-9-18(31)8-17-5-3-4-6-19(17)20/h3-6,8-11,15-16,25-27,29,31H,7,12-14H2,1-2H3. The minimum atomic E-state index is 0.00760. The van der Waals surface area contributed by atoms with Crippen molar-refractivity contribution in [1.29, 1.82) is 0 Å². The lowest BCUT2D eigenvalue weighted by molar-refractivity contribution is 0.136. The lowest BCUT2D eigenvalue weighted by Crippen LogP contribution is -2.49. The average molecular weight is 465 g/mol. The zero-order valence-corrected chi connectivity index (χ0v) is 19.7. The number of phenols is 1. The topological polar surface area (TPSA) is 57.3 Å². The number of epoxide rings is 1. The number of rotatable bonds is 5. The maximum atomic E-state index is 10.4. The van der Waals surface area contributed by atoms with Crippen LogP contribution in [-0.4, -0.2) is 43.2 Å². The van der Waals surface area contributed by atoms with Crippen molar-refractivity contribution in [2.75, 3.05) is 24.5 Å². The summed E-state index contributed by atoms with van der Waals surface area (Å²) in [6.45, 7) is 7.41. The lowest BCUT2D eigenvalue weighted by atomic mass is 9.96. The van der Waals surface area contributed by atoms with E-state index in [0.29, 0.717) is 16.9 Å². The Labute approximate surface area is 199 Å². The first-order valence-electron chi connectivity index (χ1n) is 11.8. The molecule has 33 heavy (non-hydrogen) atoms. The van der Waals surface area contributed by atoms with Crippen molar-refractivity contribution in [2.24, 2.45) is 11.8 Å². The first-order chi connectivity index (χ1) is 16.0. The Hall–Kier alpha value is -2.47. The SMILES string of the molecule is CC(C)CC1Oc2cc(-c3cc(O)cc4ccccc34)c(Cl)cc2N(CC2CNC2)C2OC12. The number of fused-ring (bicyclic) bond motifs is 3. The highest BCUT2D eigenvalue weighted by Crippen LogP contribution is 2.49. The number of benzene rings is 3. The molecule has 0 spiro atoms.